The Balaban J connectivity index is 2.29. The van der Waals surface area contributed by atoms with Gasteiger partial charge in [-0.3, -0.25) is 0 Å². The average Bonchev–Trinajstić information content (AvgIpc) is 2.40. The summed E-state index contributed by atoms with van der Waals surface area (Å²) in [7, 11) is -4.35. The predicted octanol–water partition coefficient (Wildman–Crippen LogP) is 3.75. The average molecular weight is 352 g/mol. The molecular formula is C13H9Cl2F2NO2S. The smallest absolute Gasteiger partial charge is 0.207 e. The quantitative estimate of drug-likeness (QED) is 0.911. The van der Waals surface area contributed by atoms with Gasteiger partial charge in [0, 0.05) is 6.54 Å². The third-order valence-electron chi connectivity index (χ3n) is 2.67. The van der Waals surface area contributed by atoms with Crippen LogP contribution in [-0.2, 0) is 16.6 Å². The fourth-order valence-corrected chi connectivity index (χ4v) is 3.20. The van der Waals surface area contributed by atoms with Crippen LogP contribution >= 0.6 is 23.2 Å². The summed E-state index contributed by atoms with van der Waals surface area (Å²) in [6, 6.07) is 7.49. The Morgan fingerprint density at radius 3 is 2.19 bits per heavy atom. The van der Waals surface area contributed by atoms with Crippen LogP contribution in [0.3, 0.4) is 0 Å². The monoisotopic (exact) mass is 351 g/mol. The van der Waals surface area contributed by atoms with Crippen molar-refractivity contribution in [3.8, 4) is 0 Å². The van der Waals surface area contributed by atoms with Gasteiger partial charge in [0.25, 0.3) is 0 Å². The molecule has 0 aromatic heterocycles. The molecule has 21 heavy (non-hydrogen) atoms. The van der Waals surface area contributed by atoms with E-state index in [1.807, 2.05) is 0 Å². The molecule has 3 nitrogen and oxygen atoms in total. The highest BCUT2D eigenvalue weighted by Gasteiger charge is 2.23. The molecule has 0 aliphatic heterocycles. The first kappa shape index (κ1) is 16.2. The number of rotatable bonds is 4. The van der Waals surface area contributed by atoms with Crippen molar-refractivity contribution in [1.29, 1.82) is 0 Å². The molecule has 0 saturated carbocycles. The SMILES string of the molecule is O=S(=O)(NCc1cccc(Cl)c1Cl)c1c(F)cccc1F. The minimum atomic E-state index is -4.35. The topological polar surface area (TPSA) is 46.2 Å². The highest BCUT2D eigenvalue weighted by molar-refractivity contribution is 7.89. The van der Waals surface area contributed by atoms with Gasteiger partial charge in [0.15, 0.2) is 4.90 Å². The van der Waals surface area contributed by atoms with E-state index in [2.05, 4.69) is 4.72 Å². The van der Waals surface area contributed by atoms with Gasteiger partial charge < -0.3 is 0 Å². The Kier molecular flexibility index (Phi) is 4.83. The second-order valence-corrected chi connectivity index (χ2v) is 6.58. The molecule has 112 valence electrons. The van der Waals surface area contributed by atoms with Crippen LogP contribution in [0.1, 0.15) is 5.56 Å². The van der Waals surface area contributed by atoms with Crippen LogP contribution in [0.15, 0.2) is 41.3 Å². The fraction of sp³-hybridized carbons (Fsp3) is 0.0769. The first-order chi connectivity index (χ1) is 9.83. The van der Waals surface area contributed by atoms with E-state index >= 15 is 0 Å². The van der Waals surface area contributed by atoms with Crippen LogP contribution in [0, 0.1) is 11.6 Å². The maximum absolute atomic E-state index is 13.5. The molecule has 0 radical (unpaired) electrons. The lowest BCUT2D eigenvalue weighted by Crippen LogP contribution is -2.25. The van der Waals surface area contributed by atoms with E-state index in [0.29, 0.717) is 5.56 Å². The molecule has 2 rings (SSSR count). The fourth-order valence-electron chi connectivity index (χ4n) is 1.67. The lowest BCUT2D eigenvalue weighted by Gasteiger charge is -2.10. The van der Waals surface area contributed by atoms with Crippen molar-refractivity contribution in [2.24, 2.45) is 0 Å². The van der Waals surface area contributed by atoms with Crippen LogP contribution in [0.5, 0.6) is 0 Å². The number of nitrogens with one attached hydrogen (secondary N) is 1. The maximum atomic E-state index is 13.5. The summed E-state index contributed by atoms with van der Waals surface area (Å²) in [6.45, 7) is -0.241. The van der Waals surface area contributed by atoms with E-state index in [1.165, 1.54) is 0 Å². The summed E-state index contributed by atoms with van der Waals surface area (Å²) in [6.07, 6.45) is 0. The van der Waals surface area contributed by atoms with Gasteiger partial charge in [-0.1, -0.05) is 41.4 Å². The van der Waals surface area contributed by atoms with Crippen molar-refractivity contribution in [2.45, 2.75) is 11.4 Å². The largest absolute Gasteiger partial charge is 0.246 e. The van der Waals surface area contributed by atoms with Crippen LogP contribution in [-0.4, -0.2) is 8.42 Å². The molecular weight excluding hydrogens is 343 g/mol. The van der Waals surface area contributed by atoms with Crippen LogP contribution in [0.2, 0.25) is 10.0 Å². The molecule has 2 aromatic carbocycles. The Labute approximate surface area is 130 Å². The molecule has 0 atom stereocenters. The third kappa shape index (κ3) is 3.52. The van der Waals surface area contributed by atoms with Crippen LogP contribution < -0.4 is 4.72 Å². The number of hydrogen-bond donors (Lipinski definition) is 1. The van der Waals surface area contributed by atoms with Gasteiger partial charge in [-0.25, -0.2) is 21.9 Å². The third-order valence-corrected chi connectivity index (χ3v) is 4.98. The number of sulfonamides is 1. The summed E-state index contributed by atoms with van der Waals surface area (Å²) >= 11 is 11.7. The van der Waals surface area contributed by atoms with Gasteiger partial charge in [0.05, 0.1) is 10.0 Å². The van der Waals surface area contributed by atoms with E-state index < -0.39 is 26.6 Å². The highest BCUT2D eigenvalue weighted by Crippen LogP contribution is 2.26. The lowest BCUT2D eigenvalue weighted by molar-refractivity contribution is 0.514. The second kappa shape index (κ2) is 6.27. The molecule has 0 bridgehead atoms. The molecule has 0 spiro atoms. The molecule has 0 fully saturated rings. The number of benzene rings is 2. The molecule has 0 aliphatic carbocycles. The van der Waals surface area contributed by atoms with E-state index in [0.717, 1.165) is 18.2 Å². The predicted molar refractivity (Wildman–Crippen MR) is 76.8 cm³/mol. The van der Waals surface area contributed by atoms with E-state index in [4.69, 9.17) is 23.2 Å². The minimum absolute atomic E-state index is 0.177. The van der Waals surface area contributed by atoms with Gasteiger partial charge in [-0.15, -0.1) is 0 Å². The first-order valence-corrected chi connectivity index (χ1v) is 7.93. The van der Waals surface area contributed by atoms with E-state index in [9.17, 15) is 17.2 Å². The molecule has 8 heteroatoms. The highest BCUT2D eigenvalue weighted by atomic mass is 35.5. The first-order valence-electron chi connectivity index (χ1n) is 5.69. The summed E-state index contributed by atoms with van der Waals surface area (Å²) in [4.78, 5) is -1.02. The van der Waals surface area contributed by atoms with Crippen LogP contribution in [0.4, 0.5) is 8.78 Å². The molecule has 1 N–H and O–H groups in total. The number of halogens is 4. The Morgan fingerprint density at radius 2 is 1.57 bits per heavy atom. The molecule has 0 saturated heterocycles. The standard InChI is InChI=1S/C13H9Cl2F2NO2S/c14-9-4-1-3-8(12(9)15)7-18-21(19,20)13-10(16)5-2-6-11(13)17/h1-6,18H,7H2. The summed E-state index contributed by atoms with van der Waals surface area (Å²) in [5.41, 5.74) is 0.393. The minimum Gasteiger partial charge on any atom is -0.207 e. The van der Waals surface area contributed by atoms with Gasteiger partial charge in [0.1, 0.15) is 11.6 Å². The second-order valence-electron chi connectivity index (χ2n) is 4.09. The van der Waals surface area contributed by atoms with Crippen molar-refractivity contribution in [2.75, 3.05) is 0 Å². The van der Waals surface area contributed by atoms with Crippen LogP contribution in [0.25, 0.3) is 0 Å². The molecule has 0 aliphatic rings. The van der Waals surface area contributed by atoms with E-state index in [1.54, 1.807) is 18.2 Å². The Hall–Kier alpha value is -1.21. The molecule has 0 amide bonds. The zero-order valence-electron chi connectivity index (χ0n) is 10.4. The molecule has 2 aromatic rings. The van der Waals surface area contributed by atoms with Gasteiger partial charge in [-0.05, 0) is 23.8 Å². The van der Waals surface area contributed by atoms with Crippen molar-refractivity contribution < 1.29 is 17.2 Å². The Morgan fingerprint density at radius 1 is 1.00 bits per heavy atom. The van der Waals surface area contributed by atoms with E-state index in [-0.39, 0.29) is 16.6 Å². The summed E-state index contributed by atoms with van der Waals surface area (Å²) in [5, 5.41) is 0.432. The molecule has 0 heterocycles. The lowest BCUT2D eigenvalue weighted by atomic mass is 10.2. The maximum Gasteiger partial charge on any atom is 0.246 e. The van der Waals surface area contributed by atoms with Crippen molar-refractivity contribution >= 4 is 33.2 Å². The zero-order chi connectivity index (χ0) is 15.6. The van der Waals surface area contributed by atoms with Crippen molar-refractivity contribution in [1.82, 2.24) is 4.72 Å². The number of hydrogen-bond acceptors (Lipinski definition) is 2. The Bertz CT molecular complexity index is 761. The van der Waals surface area contributed by atoms with Gasteiger partial charge in [-0.2, -0.15) is 0 Å². The van der Waals surface area contributed by atoms with Gasteiger partial charge in [0.2, 0.25) is 10.0 Å². The zero-order valence-corrected chi connectivity index (χ0v) is 12.7. The summed E-state index contributed by atoms with van der Waals surface area (Å²) < 4.78 is 53.1. The normalized spacial score (nSPS) is 11.6. The molecule has 0 unspecified atom stereocenters. The van der Waals surface area contributed by atoms with Gasteiger partial charge >= 0.3 is 0 Å². The van der Waals surface area contributed by atoms with Crippen molar-refractivity contribution in [3.63, 3.8) is 0 Å². The summed E-state index contributed by atoms with van der Waals surface area (Å²) in [5.74, 6) is -2.33. The van der Waals surface area contributed by atoms with Crippen molar-refractivity contribution in [3.05, 3.63) is 63.6 Å².